The Labute approximate surface area is 93.3 Å². The van der Waals surface area contributed by atoms with Gasteiger partial charge in [-0.3, -0.25) is 9.59 Å². The lowest BCUT2D eigenvalue weighted by molar-refractivity contribution is -0.123. The second-order valence-electron chi connectivity index (χ2n) is 3.57. The molecule has 0 heterocycles. The molecule has 5 heteroatoms. The summed E-state index contributed by atoms with van der Waals surface area (Å²) in [6, 6.07) is 0. The maximum atomic E-state index is 11.3. The van der Waals surface area contributed by atoms with Crippen molar-refractivity contribution in [2.24, 2.45) is 0 Å². The molecule has 1 N–H and O–H groups in total. The molecule has 0 spiro atoms. The molecule has 16 heavy (non-hydrogen) atoms. The van der Waals surface area contributed by atoms with Gasteiger partial charge in [0.2, 0.25) is 0 Å². The number of carbonyl (C=O) groups is 2. The van der Waals surface area contributed by atoms with E-state index in [4.69, 9.17) is 9.47 Å². The molecule has 0 saturated carbocycles. The maximum absolute atomic E-state index is 11.3. The summed E-state index contributed by atoms with van der Waals surface area (Å²) in [5, 5.41) is 10.3. The number of aliphatic hydroxyl groups is 1. The predicted molar refractivity (Wildman–Crippen MR) is 55.4 cm³/mol. The average molecular weight is 226 g/mol. The van der Waals surface area contributed by atoms with Gasteiger partial charge in [0.05, 0.1) is 14.2 Å². The molecular weight excluding hydrogens is 212 g/mol. The minimum Gasteiger partial charge on any atom is -0.497 e. The van der Waals surface area contributed by atoms with Gasteiger partial charge in [-0.2, -0.15) is 0 Å². The van der Waals surface area contributed by atoms with Crippen LogP contribution in [0.1, 0.15) is 13.3 Å². The van der Waals surface area contributed by atoms with Crippen LogP contribution in [0.2, 0.25) is 0 Å². The van der Waals surface area contributed by atoms with Crippen LogP contribution in [-0.2, 0) is 19.1 Å². The molecule has 88 valence electrons. The number of ketones is 2. The Morgan fingerprint density at radius 1 is 1.31 bits per heavy atom. The topological polar surface area (TPSA) is 72.8 Å². The number of hydrogen-bond donors (Lipinski definition) is 1. The molecule has 0 aromatic heterocycles. The highest BCUT2D eigenvalue weighted by molar-refractivity contribution is 6.02. The summed E-state index contributed by atoms with van der Waals surface area (Å²) in [4.78, 5) is 22.4. The van der Waals surface area contributed by atoms with Crippen molar-refractivity contribution in [2.45, 2.75) is 18.9 Å². The number of allylic oxidation sites excluding steroid dienone is 2. The lowest BCUT2D eigenvalue weighted by atomic mass is 9.88. The number of carbonyl (C=O) groups excluding carboxylic acids is 2. The molecular formula is C11H14O5. The zero-order valence-electron chi connectivity index (χ0n) is 9.44. The molecule has 0 fully saturated rings. The highest BCUT2D eigenvalue weighted by Gasteiger charge is 2.43. The highest BCUT2D eigenvalue weighted by atomic mass is 16.5. The largest absolute Gasteiger partial charge is 0.497 e. The van der Waals surface area contributed by atoms with Crippen LogP contribution in [-0.4, -0.2) is 36.5 Å². The van der Waals surface area contributed by atoms with E-state index in [1.54, 1.807) is 0 Å². The van der Waals surface area contributed by atoms with E-state index in [1.807, 2.05) is 0 Å². The summed E-state index contributed by atoms with van der Waals surface area (Å²) in [6.45, 7) is 1.34. The van der Waals surface area contributed by atoms with Crippen molar-refractivity contribution >= 4 is 11.6 Å². The number of hydrogen-bond acceptors (Lipinski definition) is 5. The van der Waals surface area contributed by atoms with E-state index in [9.17, 15) is 14.7 Å². The van der Waals surface area contributed by atoms with Crippen molar-refractivity contribution < 1.29 is 24.2 Å². The van der Waals surface area contributed by atoms with Crippen LogP contribution in [0.4, 0.5) is 0 Å². The Kier molecular flexibility index (Phi) is 3.49. The van der Waals surface area contributed by atoms with Gasteiger partial charge in [0.1, 0.15) is 17.3 Å². The first-order valence-electron chi connectivity index (χ1n) is 4.72. The van der Waals surface area contributed by atoms with Crippen LogP contribution in [0.5, 0.6) is 0 Å². The van der Waals surface area contributed by atoms with Crippen LogP contribution >= 0.6 is 0 Å². The van der Waals surface area contributed by atoms with Gasteiger partial charge in [-0.25, -0.2) is 0 Å². The smallest absolute Gasteiger partial charge is 0.185 e. The average Bonchev–Trinajstić information content (AvgIpc) is 2.19. The number of rotatable bonds is 4. The number of ether oxygens (including phenoxy) is 2. The van der Waals surface area contributed by atoms with Crippen LogP contribution in [0.3, 0.4) is 0 Å². The summed E-state index contributed by atoms with van der Waals surface area (Å²) in [5.74, 6) is -0.538. The molecule has 0 radical (unpaired) electrons. The summed E-state index contributed by atoms with van der Waals surface area (Å²) in [5.41, 5.74) is -1.68. The summed E-state index contributed by atoms with van der Waals surface area (Å²) in [7, 11) is 2.64. The molecule has 5 nitrogen and oxygen atoms in total. The molecule has 0 atom stereocenters. The van der Waals surface area contributed by atoms with Crippen LogP contribution in [0.15, 0.2) is 23.7 Å². The Bertz CT molecular complexity index is 354. The SMILES string of the molecule is COC1=CC(=O)C=C(OC)C1(O)CC(C)=O. The first-order valence-corrected chi connectivity index (χ1v) is 4.72. The van der Waals surface area contributed by atoms with Gasteiger partial charge in [0.15, 0.2) is 11.4 Å². The van der Waals surface area contributed by atoms with Gasteiger partial charge in [-0.15, -0.1) is 0 Å². The van der Waals surface area contributed by atoms with Crippen molar-refractivity contribution in [3.63, 3.8) is 0 Å². The molecule has 0 bridgehead atoms. The zero-order chi connectivity index (χ0) is 12.3. The van der Waals surface area contributed by atoms with E-state index in [-0.39, 0.29) is 29.5 Å². The third kappa shape index (κ3) is 2.14. The van der Waals surface area contributed by atoms with E-state index in [0.29, 0.717) is 0 Å². The first-order chi connectivity index (χ1) is 7.43. The van der Waals surface area contributed by atoms with Crippen LogP contribution in [0.25, 0.3) is 0 Å². The van der Waals surface area contributed by atoms with Crippen molar-refractivity contribution in [3.05, 3.63) is 23.7 Å². The summed E-state index contributed by atoms with van der Waals surface area (Å²) >= 11 is 0. The molecule has 0 amide bonds. The van der Waals surface area contributed by atoms with Gasteiger partial charge in [0.25, 0.3) is 0 Å². The maximum Gasteiger partial charge on any atom is 0.185 e. The van der Waals surface area contributed by atoms with E-state index < -0.39 is 5.60 Å². The fraction of sp³-hybridized carbons (Fsp3) is 0.455. The molecule has 0 aromatic rings. The Hall–Kier alpha value is -1.62. The van der Waals surface area contributed by atoms with Gasteiger partial charge in [-0.1, -0.05) is 0 Å². The second-order valence-corrected chi connectivity index (χ2v) is 3.57. The van der Waals surface area contributed by atoms with E-state index in [2.05, 4.69) is 0 Å². The van der Waals surface area contributed by atoms with Gasteiger partial charge >= 0.3 is 0 Å². The second kappa shape index (κ2) is 4.49. The van der Waals surface area contributed by atoms with Crippen molar-refractivity contribution in [1.29, 1.82) is 0 Å². The normalized spacial score (nSPS) is 18.6. The van der Waals surface area contributed by atoms with Gasteiger partial charge < -0.3 is 14.6 Å². The van der Waals surface area contributed by atoms with Crippen molar-refractivity contribution in [3.8, 4) is 0 Å². The quantitative estimate of drug-likeness (QED) is 0.748. The van der Waals surface area contributed by atoms with Gasteiger partial charge in [0, 0.05) is 18.6 Å². The molecule has 0 saturated heterocycles. The Morgan fingerprint density at radius 2 is 1.75 bits per heavy atom. The van der Waals surface area contributed by atoms with E-state index in [0.717, 1.165) is 12.2 Å². The van der Waals surface area contributed by atoms with E-state index in [1.165, 1.54) is 21.1 Å². The standard InChI is InChI=1S/C11H14O5/c1-7(12)6-11(14)9(15-2)4-8(13)5-10(11)16-3/h4-5,14H,6H2,1-3H3. The van der Waals surface area contributed by atoms with Crippen LogP contribution < -0.4 is 0 Å². The minimum atomic E-state index is -1.68. The molecule has 1 aliphatic carbocycles. The minimum absolute atomic E-state index is 0.0204. The van der Waals surface area contributed by atoms with Gasteiger partial charge in [-0.05, 0) is 6.92 Å². The molecule has 0 aliphatic heterocycles. The first kappa shape index (κ1) is 12.4. The lowest BCUT2D eigenvalue weighted by Crippen LogP contribution is -2.40. The highest BCUT2D eigenvalue weighted by Crippen LogP contribution is 2.33. The summed E-state index contributed by atoms with van der Waals surface area (Å²) in [6.07, 6.45) is 2.09. The molecule has 0 unspecified atom stereocenters. The fourth-order valence-corrected chi connectivity index (χ4v) is 1.65. The predicted octanol–water partition coefficient (Wildman–Crippen LogP) is 0.340. The number of methoxy groups -OCH3 is 2. The van der Waals surface area contributed by atoms with Crippen molar-refractivity contribution in [1.82, 2.24) is 0 Å². The Balaban J connectivity index is 3.18. The monoisotopic (exact) mass is 226 g/mol. The zero-order valence-corrected chi connectivity index (χ0v) is 9.44. The number of Topliss-reactive ketones (excluding diaryl/α,β-unsaturated/α-hetero) is 1. The third-order valence-electron chi connectivity index (χ3n) is 2.31. The lowest BCUT2D eigenvalue weighted by Gasteiger charge is -2.31. The molecule has 0 aromatic carbocycles. The third-order valence-corrected chi connectivity index (χ3v) is 2.31. The molecule has 1 aliphatic rings. The fourth-order valence-electron chi connectivity index (χ4n) is 1.65. The van der Waals surface area contributed by atoms with E-state index >= 15 is 0 Å². The van der Waals surface area contributed by atoms with Crippen molar-refractivity contribution in [2.75, 3.05) is 14.2 Å². The summed E-state index contributed by atoms with van der Waals surface area (Å²) < 4.78 is 9.85. The Morgan fingerprint density at radius 3 is 2.06 bits per heavy atom. The van der Waals surface area contributed by atoms with Crippen LogP contribution in [0, 0.1) is 0 Å². The molecule has 1 rings (SSSR count).